The minimum Gasteiger partial charge on any atom is -0.468 e. The second kappa shape index (κ2) is 7.32. The SMILES string of the molecule is CCOCCC(=O)N(C)CC(=O)OC. The first-order valence-corrected chi connectivity index (χ1v) is 4.50. The monoisotopic (exact) mass is 203 g/mol. The van der Waals surface area contributed by atoms with Crippen molar-refractivity contribution >= 4 is 11.9 Å². The normalized spacial score (nSPS) is 9.64. The van der Waals surface area contributed by atoms with E-state index in [1.807, 2.05) is 6.92 Å². The Balaban J connectivity index is 3.70. The van der Waals surface area contributed by atoms with Gasteiger partial charge in [0, 0.05) is 13.7 Å². The Morgan fingerprint density at radius 1 is 1.36 bits per heavy atom. The van der Waals surface area contributed by atoms with Crippen molar-refractivity contribution in [3.63, 3.8) is 0 Å². The van der Waals surface area contributed by atoms with Gasteiger partial charge in [-0.15, -0.1) is 0 Å². The lowest BCUT2D eigenvalue weighted by molar-refractivity contribution is -0.146. The summed E-state index contributed by atoms with van der Waals surface area (Å²) in [4.78, 5) is 23.4. The van der Waals surface area contributed by atoms with Crippen LogP contribution in [-0.2, 0) is 19.1 Å². The molecule has 0 aromatic rings. The molecule has 0 radical (unpaired) electrons. The maximum atomic E-state index is 11.3. The lowest BCUT2D eigenvalue weighted by Crippen LogP contribution is -2.33. The van der Waals surface area contributed by atoms with Gasteiger partial charge in [-0.1, -0.05) is 0 Å². The van der Waals surface area contributed by atoms with Crippen molar-refractivity contribution in [1.82, 2.24) is 4.90 Å². The first-order valence-electron chi connectivity index (χ1n) is 4.50. The first kappa shape index (κ1) is 12.9. The summed E-state index contributed by atoms with van der Waals surface area (Å²) in [5.74, 6) is -0.541. The summed E-state index contributed by atoms with van der Waals surface area (Å²) in [7, 11) is 2.85. The Bertz CT molecular complexity index is 193. The molecule has 0 aromatic carbocycles. The molecule has 0 saturated carbocycles. The van der Waals surface area contributed by atoms with Crippen molar-refractivity contribution in [2.24, 2.45) is 0 Å². The number of esters is 1. The molecule has 0 saturated heterocycles. The highest BCUT2D eigenvalue weighted by molar-refractivity contribution is 5.81. The molecule has 14 heavy (non-hydrogen) atoms. The number of hydrogen-bond donors (Lipinski definition) is 0. The van der Waals surface area contributed by atoms with Gasteiger partial charge < -0.3 is 14.4 Å². The molecule has 0 unspecified atom stereocenters. The lowest BCUT2D eigenvalue weighted by Gasteiger charge is -2.15. The van der Waals surface area contributed by atoms with Crippen molar-refractivity contribution < 1.29 is 19.1 Å². The zero-order valence-electron chi connectivity index (χ0n) is 8.91. The quantitative estimate of drug-likeness (QED) is 0.452. The predicted molar refractivity (Wildman–Crippen MR) is 50.8 cm³/mol. The maximum Gasteiger partial charge on any atom is 0.325 e. The van der Waals surface area contributed by atoms with E-state index in [4.69, 9.17) is 4.74 Å². The molecule has 0 aliphatic heterocycles. The van der Waals surface area contributed by atoms with Crippen LogP contribution in [0.3, 0.4) is 0 Å². The number of carbonyl (C=O) groups excluding carboxylic acids is 2. The van der Waals surface area contributed by atoms with Crippen LogP contribution < -0.4 is 0 Å². The topological polar surface area (TPSA) is 55.8 Å². The molecule has 0 N–H and O–H groups in total. The van der Waals surface area contributed by atoms with Gasteiger partial charge in [0.2, 0.25) is 5.91 Å². The molecule has 0 atom stereocenters. The predicted octanol–water partition coefficient (Wildman–Crippen LogP) is 0.0444. The second-order valence-corrected chi connectivity index (χ2v) is 2.77. The zero-order chi connectivity index (χ0) is 11.0. The Morgan fingerprint density at radius 3 is 2.50 bits per heavy atom. The second-order valence-electron chi connectivity index (χ2n) is 2.77. The van der Waals surface area contributed by atoms with E-state index in [1.54, 1.807) is 7.05 Å². The van der Waals surface area contributed by atoms with Gasteiger partial charge >= 0.3 is 5.97 Å². The van der Waals surface area contributed by atoms with Crippen LogP contribution in [0.15, 0.2) is 0 Å². The van der Waals surface area contributed by atoms with Crippen LogP contribution in [0.1, 0.15) is 13.3 Å². The average molecular weight is 203 g/mol. The fraction of sp³-hybridized carbons (Fsp3) is 0.778. The highest BCUT2D eigenvalue weighted by atomic mass is 16.5. The third kappa shape index (κ3) is 5.53. The van der Waals surface area contributed by atoms with Crippen LogP contribution in [0, 0.1) is 0 Å². The largest absolute Gasteiger partial charge is 0.468 e. The number of ether oxygens (including phenoxy) is 2. The summed E-state index contributed by atoms with van der Waals surface area (Å²) < 4.78 is 9.45. The van der Waals surface area contributed by atoms with Crippen LogP contribution in [0.5, 0.6) is 0 Å². The van der Waals surface area contributed by atoms with Gasteiger partial charge in [0.1, 0.15) is 6.54 Å². The highest BCUT2D eigenvalue weighted by Crippen LogP contribution is 1.92. The Morgan fingerprint density at radius 2 is 2.00 bits per heavy atom. The van der Waals surface area contributed by atoms with E-state index in [-0.39, 0.29) is 12.5 Å². The Hall–Kier alpha value is -1.10. The summed E-state index contributed by atoms with van der Waals surface area (Å²) in [5, 5.41) is 0. The van der Waals surface area contributed by atoms with Crippen molar-refractivity contribution in [3.05, 3.63) is 0 Å². The van der Waals surface area contributed by atoms with E-state index >= 15 is 0 Å². The van der Waals surface area contributed by atoms with Gasteiger partial charge in [-0.3, -0.25) is 9.59 Å². The van der Waals surface area contributed by atoms with E-state index in [1.165, 1.54) is 12.0 Å². The average Bonchev–Trinajstić information content (AvgIpc) is 2.17. The molecule has 82 valence electrons. The molecular weight excluding hydrogens is 186 g/mol. The number of methoxy groups -OCH3 is 1. The van der Waals surface area contributed by atoms with Crippen LogP contribution in [0.4, 0.5) is 0 Å². The van der Waals surface area contributed by atoms with Crippen molar-refractivity contribution in [3.8, 4) is 0 Å². The van der Waals surface area contributed by atoms with Crippen molar-refractivity contribution in [1.29, 1.82) is 0 Å². The number of rotatable bonds is 6. The van der Waals surface area contributed by atoms with E-state index in [0.717, 1.165) is 0 Å². The summed E-state index contributed by atoms with van der Waals surface area (Å²) in [5.41, 5.74) is 0. The molecule has 5 nitrogen and oxygen atoms in total. The molecule has 5 heteroatoms. The van der Waals surface area contributed by atoms with E-state index < -0.39 is 5.97 Å². The van der Waals surface area contributed by atoms with Crippen LogP contribution >= 0.6 is 0 Å². The van der Waals surface area contributed by atoms with E-state index in [2.05, 4.69) is 4.74 Å². The molecule has 1 amide bonds. The van der Waals surface area contributed by atoms with Crippen molar-refractivity contribution in [2.75, 3.05) is 33.9 Å². The third-order valence-electron chi connectivity index (χ3n) is 1.68. The molecule has 0 heterocycles. The summed E-state index contributed by atoms with van der Waals surface area (Å²) in [6.45, 7) is 2.83. The summed E-state index contributed by atoms with van der Waals surface area (Å²) >= 11 is 0. The molecule has 0 rings (SSSR count). The number of hydrogen-bond acceptors (Lipinski definition) is 4. The van der Waals surface area contributed by atoms with Gasteiger partial charge in [-0.2, -0.15) is 0 Å². The molecule has 0 aliphatic carbocycles. The number of nitrogens with zero attached hydrogens (tertiary/aromatic N) is 1. The van der Waals surface area contributed by atoms with Gasteiger partial charge in [-0.05, 0) is 6.92 Å². The third-order valence-corrected chi connectivity index (χ3v) is 1.68. The van der Waals surface area contributed by atoms with Crippen molar-refractivity contribution in [2.45, 2.75) is 13.3 Å². The zero-order valence-corrected chi connectivity index (χ0v) is 8.91. The van der Waals surface area contributed by atoms with Crippen LogP contribution in [0.2, 0.25) is 0 Å². The molecule has 0 aliphatic rings. The molecule has 0 aromatic heterocycles. The maximum absolute atomic E-state index is 11.3. The lowest BCUT2D eigenvalue weighted by atomic mass is 10.4. The standard InChI is InChI=1S/C9H17NO4/c1-4-14-6-5-8(11)10(2)7-9(12)13-3/h4-7H2,1-3H3. The fourth-order valence-corrected chi connectivity index (χ4v) is 0.841. The van der Waals surface area contributed by atoms with E-state index in [0.29, 0.717) is 19.6 Å². The summed E-state index contributed by atoms with van der Waals surface area (Å²) in [6.07, 6.45) is 0.293. The smallest absolute Gasteiger partial charge is 0.325 e. The summed E-state index contributed by atoms with van der Waals surface area (Å²) in [6, 6.07) is 0. The highest BCUT2D eigenvalue weighted by Gasteiger charge is 2.12. The Labute approximate surface area is 84.0 Å². The Kier molecular flexibility index (Phi) is 6.74. The minimum absolute atomic E-state index is 0.0124. The van der Waals surface area contributed by atoms with E-state index in [9.17, 15) is 9.59 Å². The number of amides is 1. The van der Waals surface area contributed by atoms with Gasteiger partial charge in [0.25, 0.3) is 0 Å². The molecule has 0 spiro atoms. The van der Waals surface area contributed by atoms with Crippen LogP contribution in [0.25, 0.3) is 0 Å². The molecular formula is C9H17NO4. The first-order chi connectivity index (χ1) is 6.61. The minimum atomic E-state index is -0.419. The fourth-order valence-electron chi connectivity index (χ4n) is 0.841. The van der Waals surface area contributed by atoms with Gasteiger partial charge in [0.15, 0.2) is 0 Å². The number of likely N-dealkylation sites (N-methyl/N-ethyl adjacent to an activating group) is 1. The van der Waals surface area contributed by atoms with Gasteiger partial charge in [-0.25, -0.2) is 0 Å². The molecule has 0 fully saturated rings. The number of carbonyl (C=O) groups is 2. The molecule has 0 bridgehead atoms. The van der Waals surface area contributed by atoms with Gasteiger partial charge in [0.05, 0.1) is 20.1 Å². The van der Waals surface area contributed by atoms with Crippen LogP contribution in [-0.4, -0.2) is 50.7 Å².